The summed E-state index contributed by atoms with van der Waals surface area (Å²) >= 11 is 0. The van der Waals surface area contributed by atoms with Crippen molar-refractivity contribution in [3.63, 3.8) is 0 Å². The van der Waals surface area contributed by atoms with E-state index in [1.807, 2.05) is 33.9 Å². The molecule has 2 heteroatoms. The lowest BCUT2D eigenvalue weighted by molar-refractivity contribution is -0.104. The molecule has 15 heavy (non-hydrogen) atoms. The standard InChI is InChI=1S/C11H17NO.C2H6/c1-4-6-11(9-13)10(5-2)7-8-12-3;1-2/h4-6,9,12H,2,7-8H2,1,3H3;1-2H3/b6-4-,11-10-;. The van der Waals surface area contributed by atoms with Gasteiger partial charge >= 0.3 is 0 Å². The third-order valence-electron chi connectivity index (χ3n) is 1.73. The smallest absolute Gasteiger partial charge is 0.150 e. The van der Waals surface area contributed by atoms with Crippen molar-refractivity contribution in [2.45, 2.75) is 27.2 Å². The van der Waals surface area contributed by atoms with Crippen molar-refractivity contribution in [1.82, 2.24) is 5.32 Å². The van der Waals surface area contributed by atoms with Crippen LogP contribution in [0, 0.1) is 0 Å². The summed E-state index contributed by atoms with van der Waals surface area (Å²) < 4.78 is 0. The van der Waals surface area contributed by atoms with E-state index in [9.17, 15) is 4.79 Å². The number of carbonyl (C=O) groups is 1. The number of nitrogens with one attached hydrogen (secondary N) is 1. The summed E-state index contributed by atoms with van der Waals surface area (Å²) in [6.45, 7) is 10.4. The minimum atomic E-state index is 0.716. The van der Waals surface area contributed by atoms with E-state index in [2.05, 4.69) is 11.9 Å². The van der Waals surface area contributed by atoms with Gasteiger partial charge in [-0.3, -0.25) is 4.79 Å². The minimum Gasteiger partial charge on any atom is -0.319 e. The fourth-order valence-electron chi connectivity index (χ4n) is 1.03. The van der Waals surface area contributed by atoms with Crippen LogP contribution >= 0.6 is 0 Å². The predicted molar refractivity (Wildman–Crippen MR) is 68.0 cm³/mol. The zero-order valence-electron chi connectivity index (χ0n) is 10.3. The van der Waals surface area contributed by atoms with E-state index >= 15 is 0 Å². The van der Waals surface area contributed by atoms with Crippen molar-refractivity contribution in [2.24, 2.45) is 0 Å². The Labute approximate surface area is 93.8 Å². The van der Waals surface area contributed by atoms with E-state index in [0.717, 1.165) is 24.8 Å². The Morgan fingerprint density at radius 2 is 2.00 bits per heavy atom. The Kier molecular flexibility index (Phi) is 14.0. The predicted octanol–water partition coefficient (Wildman–Crippen LogP) is 2.88. The van der Waals surface area contributed by atoms with Gasteiger partial charge in [0.2, 0.25) is 0 Å². The number of rotatable bonds is 6. The van der Waals surface area contributed by atoms with Gasteiger partial charge in [0.15, 0.2) is 0 Å². The molecule has 86 valence electrons. The Balaban J connectivity index is 0. The maximum Gasteiger partial charge on any atom is 0.150 e. The third kappa shape index (κ3) is 7.89. The molecule has 0 bridgehead atoms. The molecule has 0 radical (unpaired) electrons. The highest BCUT2D eigenvalue weighted by Crippen LogP contribution is 2.09. The maximum absolute atomic E-state index is 10.7. The lowest BCUT2D eigenvalue weighted by Crippen LogP contribution is -2.08. The molecule has 0 saturated carbocycles. The second-order valence-electron chi connectivity index (χ2n) is 2.66. The van der Waals surface area contributed by atoms with Crippen LogP contribution in [0.15, 0.2) is 36.0 Å². The molecule has 0 fully saturated rings. The molecule has 0 aliphatic rings. The second kappa shape index (κ2) is 12.8. The summed E-state index contributed by atoms with van der Waals surface area (Å²) in [5, 5.41) is 3.03. The average molecular weight is 209 g/mol. The number of aldehydes is 1. The molecule has 2 nitrogen and oxygen atoms in total. The van der Waals surface area contributed by atoms with Gasteiger partial charge in [-0.25, -0.2) is 0 Å². The van der Waals surface area contributed by atoms with Crippen molar-refractivity contribution in [1.29, 1.82) is 0 Å². The van der Waals surface area contributed by atoms with Crippen LogP contribution in [0.3, 0.4) is 0 Å². The van der Waals surface area contributed by atoms with E-state index in [1.54, 1.807) is 12.2 Å². The van der Waals surface area contributed by atoms with Gasteiger partial charge in [0.25, 0.3) is 0 Å². The largest absolute Gasteiger partial charge is 0.319 e. The van der Waals surface area contributed by atoms with E-state index in [0.29, 0.717) is 5.57 Å². The Bertz CT molecular complexity index is 227. The Morgan fingerprint density at radius 1 is 1.40 bits per heavy atom. The highest BCUT2D eigenvalue weighted by molar-refractivity contribution is 5.79. The summed E-state index contributed by atoms with van der Waals surface area (Å²) in [5.41, 5.74) is 1.70. The van der Waals surface area contributed by atoms with Crippen molar-refractivity contribution in [3.8, 4) is 0 Å². The molecular weight excluding hydrogens is 186 g/mol. The molecule has 0 amide bonds. The first-order valence-electron chi connectivity index (χ1n) is 5.38. The molecule has 0 aromatic heterocycles. The fourth-order valence-corrected chi connectivity index (χ4v) is 1.03. The molecule has 1 N–H and O–H groups in total. The summed E-state index contributed by atoms with van der Waals surface area (Å²) in [4.78, 5) is 10.7. The van der Waals surface area contributed by atoms with Crippen molar-refractivity contribution >= 4 is 6.29 Å². The average Bonchev–Trinajstić information content (AvgIpc) is 2.31. The monoisotopic (exact) mass is 209 g/mol. The van der Waals surface area contributed by atoms with E-state index in [4.69, 9.17) is 0 Å². The van der Waals surface area contributed by atoms with Crippen LogP contribution in [0.2, 0.25) is 0 Å². The molecule has 0 saturated heterocycles. The van der Waals surface area contributed by atoms with Gasteiger partial charge in [-0.1, -0.05) is 38.7 Å². The van der Waals surface area contributed by atoms with E-state index in [-0.39, 0.29) is 0 Å². The van der Waals surface area contributed by atoms with Gasteiger partial charge in [0, 0.05) is 5.57 Å². The summed E-state index contributed by atoms with van der Waals surface area (Å²) in [7, 11) is 1.89. The van der Waals surface area contributed by atoms with Crippen LogP contribution in [0.4, 0.5) is 0 Å². The highest BCUT2D eigenvalue weighted by Gasteiger charge is 1.98. The van der Waals surface area contributed by atoms with Crippen molar-refractivity contribution < 1.29 is 4.79 Å². The van der Waals surface area contributed by atoms with Gasteiger partial charge < -0.3 is 5.32 Å². The number of hydrogen-bond donors (Lipinski definition) is 1. The van der Waals surface area contributed by atoms with Gasteiger partial charge in [0.05, 0.1) is 0 Å². The van der Waals surface area contributed by atoms with Crippen molar-refractivity contribution in [3.05, 3.63) is 36.0 Å². The van der Waals surface area contributed by atoms with Crippen LogP contribution < -0.4 is 5.32 Å². The van der Waals surface area contributed by atoms with Crippen LogP contribution in [0.25, 0.3) is 0 Å². The number of allylic oxidation sites excluding steroid dienone is 4. The van der Waals surface area contributed by atoms with E-state index < -0.39 is 0 Å². The van der Waals surface area contributed by atoms with Crippen LogP contribution in [0.1, 0.15) is 27.2 Å². The van der Waals surface area contributed by atoms with Gasteiger partial charge in [-0.15, -0.1) is 0 Å². The second-order valence-corrected chi connectivity index (χ2v) is 2.66. The first kappa shape index (κ1) is 16.3. The third-order valence-corrected chi connectivity index (χ3v) is 1.73. The zero-order valence-corrected chi connectivity index (χ0v) is 10.3. The quantitative estimate of drug-likeness (QED) is 0.414. The molecular formula is C13H23NO. The Hall–Kier alpha value is -1.15. The van der Waals surface area contributed by atoms with Gasteiger partial charge in [-0.05, 0) is 32.5 Å². The van der Waals surface area contributed by atoms with E-state index in [1.165, 1.54) is 0 Å². The lowest BCUT2D eigenvalue weighted by Gasteiger charge is -2.03. The molecule has 0 aromatic rings. The summed E-state index contributed by atoms with van der Waals surface area (Å²) in [6.07, 6.45) is 7.10. The molecule has 0 aliphatic carbocycles. The van der Waals surface area contributed by atoms with Crippen LogP contribution in [0.5, 0.6) is 0 Å². The Morgan fingerprint density at radius 3 is 2.33 bits per heavy atom. The first-order valence-corrected chi connectivity index (χ1v) is 5.38. The topological polar surface area (TPSA) is 29.1 Å². The molecule has 0 aliphatic heterocycles. The SMILES string of the molecule is C=C/C(CCNC)=C(C=O)\C=C/C.CC. The van der Waals surface area contributed by atoms with Crippen molar-refractivity contribution in [2.75, 3.05) is 13.6 Å². The van der Waals surface area contributed by atoms with Crippen LogP contribution in [-0.4, -0.2) is 19.9 Å². The highest BCUT2D eigenvalue weighted by atomic mass is 16.1. The maximum atomic E-state index is 10.7. The van der Waals surface area contributed by atoms with Crippen LogP contribution in [-0.2, 0) is 4.79 Å². The van der Waals surface area contributed by atoms with Gasteiger partial charge in [-0.2, -0.15) is 0 Å². The molecule has 0 rings (SSSR count). The zero-order chi connectivity index (χ0) is 12.1. The molecule has 0 atom stereocenters. The van der Waals surface area contributed by atoms with Gasteiger partial charge in [0.1, 0.15) is 6.29 Å². The fraction of sp³-hybridized carbons (Fsp3) is 0.462. The molecule has 0 unspecified atom stereocenters. The molecule has 0 heterocycles. The number of carbonyl (C=O) groups excluding carboxylic acids is 1. The molecule has 0 aromatic carbocycles. The lowest BCUT2D eigenvalue weighted by atomic mass is 10.1. The molecule has 0 spiro atoms. The first-order chi connectivity index (χ1) is 7.29. The summed E-state index contributed by atoms with van der Waals surface area (Å²) in [6, 6.07) is 0. The normalized spacial score (nSPS) is 11.5. The summed E-state index contributed by atoms with van der Waals surface area (Å²) in [5.74, 6) is 0. The minimum absolute atomic E-state index is 0.716. The number of hydrogen-bond acceptors (Lipinski definition) is 2.